The summed E-state index contributed by atoms with van der Waals surface area (Å²) in [6, 6.07) is 4.63. The molecule has 2 heterocycles. The Hall–Kier alpha value is -1.25. The maximum absolute atomic E-state index is 4.47. The molecular weight excluding hydrogens is 162 g/mol. The predicted molar refractivity (Wildman–Crippen MR) is 55.2 cm³/mol. The topological polar surface area (TPSA) is 37.0 Å². The number of fused-ring (bicyclic) bond motifs is 1. The first-order valence-electron chi connectivity index (χ1n) is 4.76. The molecule has 1 aliphatic rings. The van der Waals surface area contributed by atoms with Gasteiger partial charge < -0.3 is 10.6 Å². The van der Waals surface area contributed by atoms with Gasteiger partial charge in [-0.2, -0.15) is 0 Å². The molecule has 1 aliphatic heterocycles. The Morgan fingerprint density at radius 2 is 2.31 bits per heavy atom. The average molecular weight is 177 g/mol. The van der Waals surface area contributed by atoms with Crippen molar-refractivity contribution in [3.05, 3.63) is 17.7 Å². The largest absolute Gasteiger partial charge is 0.369 e. The van der Waals surface area contributed by atoms with Crippen LogP contribution in [-0.2, 0) is 6.42 Å². The molecule has 0 saturated heterocycles. The first-order chi connectivity index (χ1) is 6.25. The number of aromatic nitrogens is 1. The smallest absolute Gasteiger partial charge is 0.131 e. The van der Waals surface area contributed by atoms with Gasteiger partial charge in [0.1, 0.15) is 11.6 Å². The van der Waals surface area contributed by atoms with Gasteiger partial charge in [0.05, 0.1) is 0 Å². The zero-order valence-electron chi connectivity index (χ0n) is 8.09. The second kappa shape index (κ2) is 3.24. The van der Waals surface area contributed by atoms with E-state index in [2.05, 4.69) is 35.5 Å². The van der Waals surface area contributed by atoms with E-state index in [1.54, 1.807) is 0 Å². The number of rotatable bonds is 2. The summed E-state index contributed by atoms with van der Waals surface area (Å²) in [7, 11) is 0. The molecular formula is C10H15N3. The van der Waals surface area contributed by atoms with Crippen molar-refractivity contribution in [2.24, 2.45) is 0 Å². The first kappa shape index (κ1) is 8.35. The molecule has 1 aromatic rings. The third-order valence-corrected chi connectivity index (χ3v) is 2.10. The molecule has 0 spiro atoms. The van der Waals surface area contributed by atoms with Crippen molar-refractivity contribution in [2.45, 2.75) is 26.3 Å². The number of nitrogens with one attached hydrogen (secondary N) is 2. The molecule has 0 bridgehead atoms. The highest BCUT2D eigenvalue weighted by atomic mass is 15.1. The van der Waals surface area contributed by atoms with Crippen molar-refractivity contribution in [1.82, 2.24) is 4.98 Å². The third-order valence-electron chi connectivity index (χ3n) is 2.10. The minimum atomic E-state index is 0.437. The normalized spacial score (nSPS) is 14.1. The summed E-state index contributed by atoms with van der Waals surface area (Å²) in [5, 5.41) is 6.55. The summed E-state index contributed by atoms with van der Waals surface area (Å²) < 4.78 is 0. The van der Waals surface area contributed by atoms with E-state index in [1.165, 1.54) is 5.56 Å². The van der Waals surface area contributed by atoms with E-state index in [1.807, 2.05) is 6.07 Å². The van der Waals surface area contributed by atoms with E-state index in [-0.39, 0.29) is 0 Å². The minimum absolute atomic E-state index is 0.437. The molecule has 0 amide bonds. The lowest BCUT2D eigenvalue weighted by Gasteiger charge is -2.09. The van der Waals surface area contributed by atoms with Crippen LogP contribution in [0, 0.1) is 0 Å². The Morgan fingerprint density at radius 3 is 3.08 bits per heavy atom. The quantitative estimate of drug-likeness (QED) is 0.724. The summed E-state index contributed by atoms with van der Waals surface area (Å²) in [6.07, 6.45) is 1.10. The van der Waals surface area contributed by atoms with Gasteiger partial charge in [-0.05, 0) is 31.9 Å². The lowest BCUT2D eigenvalue weighted by Crippen LogP contribution is -2.11. The molecule has 0 atom stereocenters. The van der Waals surface area contributed by atoms with E-state index >= 15 is 0 Å². The summed E-state index contributed by atoms with van der Waals surface area (Å²) >= 11 is 0. The van der Waals surface area contributed by atoms with E-state index < -0.39 is 0 Å². The molecule has 3 heteroatoms. The molecule has 70 valence electrons. The number of hydrogen-bond donors (Lipinski definition) is 2. The van der Waals surface area contributed by atoms with Gasteiger partial charge in [0.2, 0.25) is 0 Å². The van der Waals surface area contributed by atoms with Gasteiger partial charge in [-0.25, -0.2) is 4.98 Å². The molecule has 0 aliphatic carbocycles. The van der Waals surface area contributed by atoms with E-state index in [9.17, 15) is 0 Å². The Bertz CT molecular complexity index is 307. The highest BCUT2D eigenvalue weighted by Crippen LogP contribution is 2.21. The van der Waals surface area contributed by atoms with Gasteiger partial charge in [-0.15, -0.1) is 0 Å². The predicted octanol–water partition coefficient (Wildman–Crippen LogP) is 1.87. The second-order valence-corrected chi connectivity index (χ2v) is 3.68. The molecule has 2 N–H and O–H groups in total. The first-order valence-corrected chi connectivity index (χ1v) is 4.76. The maximum Gasteiger partial charge on any atom is 0.131 e. The van der Waals surface area contributed by atoms with Crippen LogP contribution in [0.25, 0.3) is 0 Å². The minimum Gasteiger partial charge on any atom is -0.369 e. The molecule has 0 saturated carbocycles. The van der Waals surface area contributed by atoms with Crippen LogP contribution in [0.1, 0.15) is 19.4 Å². The van der Waals surface area contributed by atoms with E-state index in [0.717, 1.165) is 24.6 Å². The van der Waals surface area contributed by atoms with Gasteiger partial charge in [-0.1, -0.05) is 6.07 Å². The zero-order valence-corrected chi connectivity index (χ0v) is 8.09. The summed E-state index contributed by atoms with van der Waals surface area (Å²) in [4.78, 5) is 4.47. The maximum atomic E-state index is 4.47. The van der Waals surface area contributed by atoms with Gasteiger partial charge in [0.25, 0.3) is 0 Å². The lowest BCUT2D eigenvalue weighted by atomic mass is 10.2. The van der Waals surface area contributed by atoms with Gasteiger partial charge >= 0.3 is 0 Å². The molecule has 0 unspecified atom stereocenters. The molecule has 0 fully saturated rings. The average Bonchev–Trinajstić information content (AvgIpc) is 2.49. The van der Waals surface area contributed by atoms with Crippen LogP contribution in [0.2, 0.25) is 0 Å². The van der Waals surface area contributed by atoms with Crippen molar-refractivity contribution < 1.29 is 0 Å². The van der Waals surface area contributed by atoms with Crippen molar-refractivity contribution in [3.63, 3.8) is 0 Å². The SMILES string of the molecule is CC(C)Nc1ccc2c(n1)NCC2. The molecule has 2 rings (SSSR count). The van der Waals surface area contributed by atoms with Crippen molar-refractivity contribution in [1.29, 1.82) is 0 Å². The fourth-order valence-electron chi connectivity index (χ4n) is 1.53. The second-order valence-electron chi connectivity index (χ2n) is 3.68. The number of pyridine rings is 1. The molecule has 13 heavy (non-hydrogen) atoms. The molecule has 1 aromatic heterocycles. The lowest BCUT2D eigenvalue weighted by molar-refractivity contribution is 0.889. The van der Waals surface area contributed by atoms with Gasteiger partial charge in [0, 0.05) is 12.6 Å². The van der Waals surface area contributed by atoms with Crippen molar-refractivity contribution in [3.8, 4) is 0 Å². The van der Waals surface area contributed by atoms with Crippen LogP contribution in [0.4, 0.5) is 11.6 Å². The van der Waals surface area contributed by atoms with E-state index in [0.29, 0.717) is 6.04 Å². The highest BCUT2D eigenvalue weighted by molar-refractivity contribution is 5.54. The fourth-order valence-corrected chi connectivity index (χ4v) is 1.53. The molecule has 0 aromatic carbocycles. The highest BCUT2D eigenvalue weighted by Gasteiger charge is 2.11. The Labute approximate surface area is 78.6 Å². The number of anilines is 2. The number of nitrogens with zero attached hydrogens (tertiary/aromatic N) is 1. The van der Waals surface area contributed by atoms with Gasteiger partial charge in [0.15, 0.2) is 0 Å². The summed E-state index contributed by atoms with van der Waals surface area (Å²) in [6.45, 7) is 5.25. The number of hydrogen-bond acceptors (Lipinski definition) is 3. The van der Waals surface area contributed by atoms with Crippen LogP contribution in [-0.4, -0.2) is 17.6 Å². The Balaban J connectivity index is 2.21. The van der Waals surface area contributed by atoms with Crippen LogP contribution in [0.3, 0.4) is 0 Å². The van der Waals surface area contributed by atoms with Gasteiger partial charge in [-0.3, -0.25) is 0 Å². The zero-order chi connectivity index (χ0) is 9.26. The summed E-state index contributed by atoms with van der Waals surface area (Å²) in [5.74, 6) is 2.01. The fraction of sp³-hybridized carbons (Fsp3) is 0.500. The van der Waals surface area contributed by atoms with Crippen LogP contribution >= 0.6 is 0 Å². The van der Waals surface area contributed by atoms with Crippen LogP contribution in [0.15, 0.2) is 12.1 Å². The van der Waals surface area contributed by atoms with Crippen LogP contribution in [0.5, 0.6) is 0 Å². The van der Waals surface area contributed by atoms with Crippen molar-refractivity contribution >= 4 is 11.6 Å². The summed E-state index contributed by atoms with van der Waals surface area (Å²) in [5.41, 5.74) is 1.33. The van der Waals surface area contributed by atoms with E-state index in [4.69, 9.17) is 0 Å². The Kier molecular flexibility index (Phi) is 2.08. The van der Waals surface area contributed by atoms with Crippen molar-refractivity contribution in [2.75, 3.05) is 17.2 Å². The van der Waals surface area contributed by atoms with Crippen LogP contribution < -0.4 is 10.6 Å². The standard InChI is InChI=1S/C10H15N3/c1-7(2)12-9-4-3-8-5-6-11-10(8)13-9/h3-4,7H,5-6H2,1-2H3,(H2,11,12,13). The third kappa shape index (κ3) is 1.74. The molecule has 3 nitrogen and oxygen atoms in total. The monoisotopic (exact) mass is 177 g/mol. The Morgan fingerprint density at radius 1 is 1.46 bits per heavy atom. The molecule has 0 radical (unpaired) electrons.